The SMILES string of the molecule is O=C(N[C@@H](Cc1ccc(O)cc1)C(=O)N1CCC2[C@H]1C(=O)CN2C(=O)c1ccc([N+](=O)[O-])cc1)c1cccc(Br)c1. The summed E-state index contributed by atoms with van der Waals surface area (Å²) in [6.07, 6.45) is 0.485. The summed E-state index contributed by atoms with van der Waals surface area (Å²) in [6.45, 7) is 0.0186. The van der Waals surface area contributed by atoms with E-state index in [4.69, 9.17) is 0 Å². The molecule has 11 nitrogen and oxygen atoms in total. The molecule has 2 heterocycles. The van der Waals surface area contributed by atoms with Crippen LogP contribution in [0.5, 0.6) is 5.75 Å². The largest absolute Gasteiger partial charge is 0.508 e. The second-order valence-corrected chi connectivity index (χ2v) is 10.9. The van der Waals surface area contributed by atoms with Crippen molar-refractivity contribution in [1.82, 2.24) is 15.1 Å². The number of aromatic hydroxyl groups is 1. The zero-order valence-corrected chi connectivity index (χ0v) is 23.2. The summed E-state index contributed by atoms with van der Waals surface area (Å²) in [5.74, 6) is -1.60. The van der Waals surface area contributed by atoms with E-state index in [9.17, 15) is 34.4 Å². The normalized spacial score (nSPS) is 18.6. The van der Waals surface area contributed by atoms with E-state index in [2.05, 4.69) is 21.2 Å². The maximum absolute atomic E-state index is 13.9. The first-order chi connectivity index (χ1) is 19.6. The molecule has 3 amide bonds. The number of halogens is 1. The monoisotopic (exact) mass is 620 g/mol. The number of hydrogen-bond acceptors (Lipinski definition) is 7. The van der Waals surface area contributed by atoms with Gasteiger partial charge in [0.2, 0.25) is 5.91 Å². The number of phenolic OH excluding ortho intramolecular Hbond substituents is 1. The van der Waals surface area contributed by atoms with Crippen molar-refractivity contribution < 1.29 is 29.2 Å². The number of nitro groups is 1. The van der Waals surface area contributed by atoms with Gasteiger partial charge in [-0.3, -0.25) is 29.3 Å². The molecule has 2 aliphatic rings. The number of benzene rings is 3. The third kappa shape index (κ3) is 5.82. The van der Waals surface area contributed by atoms with Crippen LogP contribution >= 0.6 is 15.9 Å². The number of nitro benzene ring substituents is 1. The summed E-state index contributed by atoms with van der Waals surface area (Å²) >= 11 is 3.34. The van der Waals surface area contributed by atoms with E-state index in [1.54, 1.807) is 36.4 Å². The van der Waals surface area contributed by atoms with E-state index in [0.717, 1.165) is 0 Å². The Morgan fingerprint density at radius 1 is 1.02 bits per heavy atom. The maximum atomic E-state index is 13.9. The molecule has 5 rings (SSSR count). The lowest BCUT2D eigenvalue weighted by atomic mass is 10.0. The van der Waals surface area contributed by atoms with E-state index in [0.29, 0.717) is 22.0 Å². The lowest BCUT2D eigenvalue weighted by molar-refractivity contribution is -0.384. The number of likely N-dealkylation sites (tertiary alicyclic amines) is 2. The van der Waals surface area contributed by atoms with Crippen LogP contribution in [-0.2, 0) is 16.0 Å². The number of carbonyl (C=O) groups excluding carboxylic acids is 4. The van der Waals surface area contributed by atoms with Crippen LogP contribution in [0, 0.1) is 10.1 Å². The molecule has 210 valence electrons. The van der Waals surface area contributed by atoms with Gasteiger partial charge in [0.05, 0.1) is 17.5 Å². The summed E-state index contributed by atoms with van der Waals surface area (Å²) in [4.78, 5) is 66.7. The highest BCUT2D eigenvalue weighted by molar-refractivity contribution is 9.10. The third-order valence-corrected chi connectivity index (χ3v) is 7.85. The number of nitrogens with zero attached hydrogens (tertiary/aromatic N) is 3. The second kappa shape index (κ2) is 11.5. The van der Waals surface area contributed by atoms with Crippen molar-refractivity contribution in [3.63, 3.8) is 0 Å². The Morgan fingerprint density at radius 2 is 1.73 bits per heavy atom. The van der Waals surface area contributed by atoms with Gasteiger partial charge in [0.1, 0.15) is 17.8 Å². The summed E-state index contributed by atoms with van der Waals surface area (Å²) in [6, 6.07) is 15.7. The van der Waals surface area contributed by atoms with Gasteiger partial charge < -0.3 is 20.2 Å². The van der Waals surface area contributed by atoms with Gasteiger partial charge >= 0.3 is 0 Å². The van der Waals surface area contributed by atoms with Crippen molar-refractivity contribution in [1.29, 1.82) is 0 Å². The minimum Gasteiger partial charge on any atom is -0.508 e. The molecule has 3 aromatic carbocycles. The molecule has 0 bridgehead atoms. The minimum absolute atomic E-state index is 0.0616. The predicted molar refractivity (Wildman–Crippen MR) is 150 cm³/mol. The zero-order valence-electron chi connectivity index (χ0n) is 21.6. The van der Waals surface area contributed by atoms with Crippen molar-refractivity contribution >= 4 is 45.1 Å². The average Bonchev–Trinajstić information content (AvgIpc) is 3.54. The maximum Gasteiger partial charge on any atom is 0.269 e. The first kappa shape index (κ1) is 28.0. The molecule has 0 radical (unpaired) electrons. The van der Waals surface area contributed by atoms with Gasteiger partial charge in [0, 0.05) is 40.7 Å². The van der Waals surface area contributed by atoms with Crippen LogP contribution in [0.3, 0.4) is 0 Å². The molecule has 3 atom stereocenters. The first-order valence-electron chi connectivity index (χ1n) is 12.9. The van der Waals surface area contributed by atoms with Crippen LogP contribution in [0.2, 0.25) is 0 Å². The Balaban J connectivity index is 1.37. The van der Waals surface area contributed by atoms with E-state index in [1.165, 1.54) is 46.2 Å². The zero-order chi connectivity index (χ0) is 29.3. The molecular formula is C29H25BrN4O7. The molecule has 41 heavy (non-hydrogen) atoms. The van der Waals surface area contributed by atoms with Crippen molar-refractivity contribution in [3.8, 4) is 5.75 Å². The standard InChI is InChI=1S/C29H25BrN4O7/c30-20-3-1-2-19(15-20)27(37)31-23(14-17-4-10-22(35)11-5-17)29(39)32-13-12-24-26(32)25(36)16-33(24)28(38)18-6-8-21(9-7-18)34(40)41/h1-11,15,23-24,26,35H,12-14,16H2,(H,31,37)/t23-,24?,26-/m0/s1. The second-order valence-electron chi connectivity index (χ2n) is 9.94. The van der Waals surface area contributed by atoms with Crippen LogP contribution in [0.25, 0.3) is 0 Å². The van der Waals surface area contributed by atoms with Gasteiger partial charge in [-0.25, -0.2) is 0 Å². The van der Waals surface area contributed by atoms with E-state index < -0.39 is 40.8 Å². The molecule has 2 saturated heterocycles. The van der Waals surface area contributed by atoms with Gasteiger partial charge in [-0.05, 0) is 54.4 Å². The molecule has 0 aromatic heterocycles. The number of amides is 3. The van der Waals surface area contributed by atoms with E-state index in [-0.39, 0.29) is 42.3 Å². The molecule has 2 aliphatic heterocycles. The Bertz CT molecular complexity index is 1530. The molecule has 2 N–H and O–H groups in total. The van der Waals surface area contributed by atoms with Crippen molar-refractivity contribution in [3.05, 3.63) is 104 Å². The van der Waals surface area contributed by atoms with Gasteiger partial charge in [0.25, 0.3) is 17.5 Å². The average molecular weight is 621 g/mol. The molecular weight excluding hydrogens is 596 g/mol. The number of rotatable bonds is 7. The lowest BCUT2D eigenvalue weighted by Gasteiger charge is -2.28. The predicted octanol–water partition coefficient (Wildman–Crippen LogP) is 3.10. The van der Waals surface area contributed by atoms with Crippen LogP contribution in [-0.4, -0.2) is 74.5 Å². The van der Waals surface area contributed by atoms with Gasteiger partial charge in [-0.15, -0.1) is 0 Å². The van der Waals surface area contributed by atoms with E-state index in [1.807, 2.05) is 0 Å². The summed E-state index contributed by atoms with van der Waals surface area (Å²) in [5.41, 5.74) is 1.10. The Kier molecular flexibility index (Phi) is 7.84. The fourth-order valence-corrected chi connectivity index (χ4v) is 5.77. The fourth-order valence-electron chi connectivity index (χ4n) is 5.37. The summed E-state index contributed by atoms with van der Waals surface area (Å²) in [7, 11) is 0. The molecule has 0 spiro atoms. The van der Waals surface area contributed by atoms with Crippen molar-refractivity contribution in [2.24, 2.45) is 0 Å². The number of non-ortho nitro benzene ring substituents is 1. The first-order valence-corrected chi connectivity index (χ1v) is 13.6. The van der Waals surface area contributed by atoms with Crippen LogP contribution < -0.4 is 5.32 Å². The van der Waals surface area contributed by atoms with Gasteiger partial charge in [-0.2, -0.15) is 0 Å². The fraction of sp³-hybridized carbons (Fsp3) is 0.241. The molecule has 3 aromatic rings. The van der Waals surface area contributed by atoms with Gasteiger partial charge in [0.15, 0.2) is 5.78 Å². The Hall–Kier alpha value is -4.58. The minimum atomic E-state index is -1.02. The quantitative estimate of drug-likeness (QED) is 0.304. The molecule has 2 fully saturated rings. The summed E-state index contributed by atoms with van der Waals surface area (Å²) in [5, 5.41) is 23.4. The smallest absolute Gasteiger partial charge is 0.269 e. The van der Waals surface area contributed by atoms with E-state index >= 15 is 0 Å². The number of hydrogen-bond donors (Lipinski definition) is 2. The molecule has 1 unspecified atom stereocenters. The highest BCUT2D eigenvalue weighted by Gasteiger charge is 2.52. The number of Topliss-reactive ketones (excluding diaryl/α,β-unsaturated/α-hetero) is 1. The lowest BCUT2D eigenvalue weighted by Crippen LogP contribution is -2.53. The topological polar surface area (TPSA) is 150 Å². The van der Waals surface area contributed by atoms with Crippen LogP contribution in [0.4, 0.5) is 5.69 Å². The van der Waals surface area contributed by atoms with Crippen LogP contribution in [0.1, 0.15) is 32.7 Å². The van der Waals surface area contributed by atoms with Crippen molar-refractivity contribution in [2.45, 2.75) is 31.0 Å². The van der Waals surface area contributed by atoms with Crippen LogP contribution in [0.15, 0.2) is 77.3 Å². The number of ketones is 1. The Labute approximate surface area is 243 Å². The van der Waals surface area contributed by atoms with Crippen molar-refractivity contribution in [2.75, 3.05) is 13.1 Å². The van der Waals surface area contributed by atoms with Gasteiger partial charge in [-0.1, -0.05) is 34.1 Å². The molecule has 0 saturated carbocycles. The summed E-state index contributed by atoms with van der Waals surface area (Å²) < 4.78 is 0.697. The third-order valence-electron chi connectivity index (χ3n) is 7.36. The molecule has 12 heteroatoms. The molecule has 0 aliphatic carbocycles. The highest BCUT2D eigenvalue weighted by atomic mass is 79.9. The number of phenols is 1. The Morgan fingerprint density at radius 3 is 2.39 bits per heavy atom. The number of nitrogens with one attached hydrogen (secondary N) is 1. The highest BCUT2D eigenvalue weighted by Crippen LogP contribution is 2.32. The number of carbonyl (C=O) groups is 4. The number of fused-ring (bicyclic) bond motifs is 1.